The number of hydrogen-bond acceptors (Lipinski definition) is 6. The molecule has 0 N–H and O–H groups in total. The van der Waals surface area contributed by atoms with Crippen molar-refractivity contribution in [2.45, 2.75) is 0 Å². The van der Waals surface area contributed by atoms with Crippen LogP contribution in [0.3, 0.4) is 0 Å². The predicted octanol–water partition coefficient (Wildman–Crippen LogP) is 0.708. The van der Waals surface area contributed by atoms with Crippen molar-refractivity contribution in [3.8, 4) is 5.95 Å². The Kier molecular flexibility index (Phi) is 4.28. The Bertz CT molecular complexity index is 526. The molecule has 0 unspecified atom stereocenters. The van der Waals surface area contributed by atoms with Crippen LogP contribution in [-0.2, 0) is 0 Å². The third-order valence-electron chi connectivity index (χ3n) is 2.52. The van der Waals surface area contributed by atoms with Crippen LogP contribution in [0.2, 0.25) is 5.28 Å². The molecular formula is C11H16ClN7. The monoisotopic (exact) mass is 281 g/mol. The van der Waals surface area contributed by atoms with Crippen molar-refractivity contribution in [1.82, 2.24) is 29.6 Å². The number of aromatic nitrogens is 5. The lowest BCUT2D eigenvalue weighted by atomic mass is 10.5. The molecule has 7 nitrogen and oxygen atoms in total. The lowest BCUT2D eigenvalue weighted by molar-refractivity contribution is 0.415. The van der Waals surface area contributed by atoms with Gasteiger partial charge in [0, 0.05) is 32.5 Å². The fourth-order valence-electron chi connectivity index (χ4n) is 1.44. The fraction of sp³-hybridized carbons (Fsp3) is 0.455. The molecule has 0 atom stereocenters. The minimum Gasteiger partial charge on any atom is -0.342 e. The van der Waals surface area contributed by atoms with E-state index < -0.39 is 0 Å². The summed E-state index contributed by atoms with van der Waals surface area (Å²) in [7, 11) is 5.95. The first kappa shape index (κ1) is 13.7. The van der Waals surface area contributed by atoms with Gasteiger partial charge in [-0.25, -0.2) is 4.68 Å². The highest BCUT2D eigenvalue weighted by atomic mass is 35.5. The Morgan fingerprint density at radius 2 is 1.95 bits per heavy atom. The molecule has 19 heavy (non-hydrogen) atoms. The number of rotatable bonds is 5. The maximum atomic E-state index is 5.93. The second kappa shape index (κ2) is 5.94. The normalized spacial score (nSPS) is 11.0. The maximum Gasteiger partial charge on any atom is 0.256 e. The summed E-state index contributed by atoms with van der Waals surface area (Å²) in [6, 6.07) is 1.80. The summed E-state index contributed by atoms with van der Waals surface area (Å²) in [5.74, 6) is 0.948. The highest BCUT2D eigenvalue weighted by molar-refractivity contribution is 6.28. The first-order valence-electron chi connectivity index (χ1n) is 5.83. The Hall–Kier alpha value is -1.73. The van der Waals surface area contributed by atoms with Crippen molar-refractivity contribution in [2.75, 3.05) is 39.1 Å². The third-order valence-corrected chi connectivity index (χ3v) is 2.69. The number of nitrogens with zero attached hydrogens (tertiary/aromatic N) is 7. The first-order valence-corrected chi connectivity index (χ1v) is 6.21. The van der Waals surface area contributed by atoms with Gasteiger partial charge in [-0.05, 0) is 31.8 Å². The van der Waals surface area contributed by atoms with Gasteiger partial charge in [-0.1, -0.05) is 0 Å². The predicted molar refractivity (Wildman–Crippen MR) is 73.8 cm³/mol. The highest BCUT2D eigenvalue weighted by Gasteiger charge is 2.10. The zero-order valence-electron chi connectivity index (χ0n) is 11.2. The summed E-state index contributed by atoms with van der Waals surface area (Å²) < 4.78 is 1.55. The molecule has 8 heteroatoms. The molecule has 2 rings (SSSR count). The van der Waals surface area contributed by atoms with Crippen molar-refractivity contribution < 1.29 is 0 Å². The van der Waals surface area contributed by atoms with Gasteiger partial charge < -0.3 is 9.80 Å². The van der Waals surface area contributed by atoms with Gasteiger partial charge in [0.2, 0.25) is 11.2 Å². The van der Waals surface area contributed by atoms with E-state index in [1.165, 1.54) is 0 Å². The van der Waals surface area contributed by atoms with Crippen LogP contribution in [0.4, 0.5) is 5.95 Å². The van der Waals surface area contributed by atoms with Gasteiger partial charge in [0.05, 0.1) is 0 Å². The smallest absolute Gasteiger partial charge is 0.256 e. The van der Waals surface area contributed by atoms with Gasteiger partial charge in [0.1, 0.15) is 0 Å². The van der Waals surface area contributed by atoms with E-state index in [1.54, 1.807) is 23.1 Å². The van der Waals surface area contributed by atoms with Gasteiger partial charge in [-0.15, -0.1) is 0 Å². The standard InChI is InChI=1S/C11H16ClN7/c1-17(2)7-8-18(3)10-14-9(12)15-11(16-10)19-6-4-5-13-19/h4-6H,7-8H2,1-3H3. The Labute approximate surface area is 116 Å². The molecule has 0 aromatic carbocycles. The van der Waals surface area contributed by atoms with E-state index in [0.717, 1.165) is 13.1 Å². The summed E-state index contributed by atoms with van der Waals surface area (Å²) in [6.45, 7) is 1.70. The minimum absolute atomic E-state index is 0.159. The molecular weight excluding hydrogens is 266 g/mol. The lowest BCUT2D eigenvalue weighted by Gasteiger charge is -2.19. The van der Waals surface area contributed by atoms with Crippen molar-refractivity contribution in [3.05, 3.63) is 23.7 Å². The molecule has 2 heterocycles. The van der Waals surface area contributed by atoms with Crippen LogP contribution in [0.15, 0.2) is 18.5 Å². The van der Waals surface area contributed by atoms with Gasteiger partial charge in [0.25, 0.3) is 5.95 Å². The molecule has 2 aromatic heterocycles. The summed E-state index contributed by atoms with van der Waals surface area (Å²) in [5.41, 5.74) is 0. The van der Waals surface area contributed by atoms with E-state index >= 15 is 0 Å². The Morgan fingerprint density at radius 3 is 2.58 bits per heavy atom. The Morgan fingerprint density at radius 1 is 1.16 bits per heavy atom. The van der Waals surface area contributed by atoms with Crippen LogP contribution in [0, 0.1) is 0 Å². The second-order valence-corrected chi connectivity index (χ2v) is 4.72. The van der Waals surface area contributed by atoms with Crippen LogP contribution in [-0.4, -0.2) is 63.9 Å². The molecule has 102 valence electrons. The van der Waals surface area contributed by atoms with Gasteiger partial charge >= 0.3 is 0 Å². The molecule has 0 amide bonds. The van der Waals surface area contributed by atoms with Crippen LogP contribution in [0.1, 0.15) is 0 Å². The quantitative estimate of drug-likeness (QED) is 0.804. The summed E-state index contributed by atoms with van der Waals surface area (Å²) in [4.78, 5) is 16.6. The van der Waals surface area contributed by atoms with Crippen molar-refractivity contribution in [3.63, 3.8) is 0 Å². The van der Waals surface area contributed by atoms with Crippen LogP contribution >= 0.6 is 11.6 Å². The van der Waals surface area contributed by atoms with E-state index in [9.17, 15) is 0 Å². The summed E-state index contributed by atoms with van der Waals surface area (Å²) in [5, 5.41) is 4.24. The maximum absolute atomic E-state index is 5.93. The lowest BCUT2D eigenvalue weighted by Crippen LogP contribution is -2.30. The van der Waals surface area contributed by atoms with Gasteiger partial charge in [-0.3, -0.25) is 0 Å². The van der Waals surface area contributed by atoms with E-state index in [1.807, 2.05) is 26.0 Å². The molecule has 0 spiro atoms. The molecule has 2 aromatic rings. The summed E-state index contributed by atoms with van der Waals surface area (Å²) >= 11 is 5.93. The number of likely N-dealkylation sites (N-methyl/N-ethyl adjacent to an activating group) is 2. The molecule has 0 radical (unpaired) electrons. The topological polar surface area (TPSA) is 63.0 Å². The van der Waals surface area contributed by atoms with E-state index in [2.05, 4.69) is 25.0 Å². The molecule has 0 aliphatic heterocycles. The second-order valence-electron chi connectivity index (χ2n) is 4.38. The van der Waals surface area contributed by atoms with Crippen molar-refractivity contribution >= 4 is 17.5 Å². The van der Waals surface area contributed by atoms with Crippen LogP contribution < -0.4 is 4.90 Å². The highest BCUT2D eigenvalue weighted by Crippen LogP contribution is 2.11. The molecule has 0 saturated heterocycles. The zero-order chi connectivity index (χ0) is 13.8. The molecule has 0 aliphatic rings. The largest absolute Gasteiger partial charge is 0.342 e. The number of hydrogen-bond donors (Lipinski definition) is 0. The van der Waals surface area contributed by atoms with E-state index in [-0.39, 0.29) is 5.28 Å². The molecule has 0 bridgehead atoms. The van der Waals surface area contributed by atoms with Gasteiger partial charge in [-0.2, -0.15) is 20.1 Å². The summed E-state index contributed by atoms with van der Waals surface area (Å²) in [6.07, 6.45) is 3.42. The third kappa shape index (κ3) is 3.62. The first-order chi connectivity index (χ1) is 9.06. The van der Waals surface area contributed by atoms with Crippen molar-refractivity contribution in [1.29, 1.82) is 0 Å². The number of halogens is 1. The van der Waals surface area contributed by atoms with E-state index in [0.29, 0.717) is 11.9 Å². The zero-order valence-corrected chi connectivity index (χ0v) is 11.9. The Balaban J connectivity index is 2.21. The van der Waals surface area contributed by atoms with Crippen molar-refractivity contribution in [2.24, 2.45) is 0 Å². The minimum atomic E-state index is 0.159. The SMILES string of the molecule is CN(C)CCN(C)c1nc(Cl)nc(-n2cccn2)n1. The molecule has 0 fully saturated rings. The molecule has 0 aliphatic carbocycles. The average Bonchev–Trinajstić information content (AvgIpc) is 2.89. The number of anilines is 1. The van der Waals surface area contributed by atoms with Gasteiger partial charge in [0.15, 0.2) is 0 Å². The fourth-order valence-corrected chi connectivity index (χ4v) is 1.59. The molecule has 0 saturated carbocycles. The average molecular weight is 282 g/mol. The van der Waals surface area contributed by atoms with Crippen LogP contribution in [0.5, 0.6) is 0 Å². The van der Waals surface area contributed by atoms with Crippen LogP contribution in [0.25, 0.3) is 5.95 Å². The van der Waals surface area contributed by atoms with E-state index in [4.69, 9.17) is 11.6 Å².